The second-order valence-electron chi connectivity index (χ2n) is 1.80. The van der Waals surface area contributed by atoms with Crippen LogP contribution in [0.1, 0.15) is 12.8 Å². The fourth-order valence-corrected chi connectivity index (χ4v) is 0.447. The SMILES string of the molecule is [CH2-][NH2+]CCCC(F)(F)F. The van der Waals surface area contributed by atoms with E-state index in [2.05, 4.69) is 7.05 Å². The third kappa shape index (κ3) is 7.75. The predicted molar refractivity (Wildman–Crippen MR) is 27.4 cm³/mol. The lowest BCUT2D eigenvalue weighted by molar-refractivity contribution is -0.596. The van der Waals surface area contributed by atoms with Crippen LogP contribution in [0.2, 0.25) is 0 Å². The Morgan fingerprint density at radius 3 is 2.22 bits per heavy atom. The molecule has 0 aliphatic heterocycles. The van der Waals surface area contributed by atoms with E-state index in [1.807, 2.05) is 0 Å². The molecular formula is C5H10F3N. The number of rotatable bonds is 3. The van der Waals surface area contributed by atoms with Crippen LogP contribution in [0.5, 0.6) is 0 Å². The maximum absolute atomic E-state index is 11.3. The summed E-state index contributed by atoms with van der Waals surface area (Å²) in [7, 11) is 3.31. The summed E-state index contributed by atoms with van der Waals surface area (Å²) in [5, 5.41) is 1.49. The van der Waals surface area contributed by atoms with Crippen LogP contribution in [0.25, 0.3) is 0 Å². The van der Waals surface area contributed by atoms with Crippen LogP contribution in [0.3, 0.4) is 0 Å². The molecule has 56 valence electrons. The molecule has 0 aromatic heterocycles. The summed E-state index contributed by atoms with van der Waals surface area (Å²) in [5.74, 6) is 0. The Kier molecular flexibility index (Phi) is 3.61. The van der Waals surface area contributed by atoms with Gasteiger partial charge in [0.1, 0.15) is 0 Å². The Morgan fingerprint density at radius 1 is 1.33 bits per heavy atom. The molecule has 4 heteroatoms. The van der Waals surface area contributed by atoms with Gasteiger partial charge in [-0.3, -0.25) is 0 Å². The molecule has 0 unspecified atom stereocenters. The van der Waals surface area contributed by atoms with Gasteiger partial charge in [-0.25, -0.2) is 0 Å². The minimum Gasteiger partial charge on any atom is -0.479 e. The molecule has 1 nitrogen and oxygen atoms in total. The second-order valence-corrected chi connectivity index (χ2v) is 1.80. The van der Waals surface area contributed by atoms with Crippen molar-refractivity contribution >= 4 is 0 Å². The first-order valence-electron chi connectivity index (χ1n) is 2.74. The van der Waals surface area contributed by atoms with Gasteiger partial charge in [-0.2, -0.15) is 20.2 Å². The van der Waals surface area contributed by atoms with Crippen molar-refractivity contribution in [3.8, 4) is 0 Å². The lowest BCUT2D eigenvalue weighted by atomic mass is 10.3. The molecule has 0 aromatic rings. The van der Waals surface area contributed by atoms with Crippen LogP contribution >= 0.6 is 0 Å². The predicted octanol–water partition coefficient (Wildman–Crippen LogP) is 0.684. The van der Waals surface area contributed by atoms with E-state index in [1.54, 1.807) is 0 Å². The van der Waals surface area contributed by atoms with Gasteiger partial charge < -0.3 is 5.32 Å². The van der Waals surface area contributed by atoms with Gasteiger partial charge in [-0.15, -0.1) is 0 Å². The van der Waals surface area contributed by atoms with Gasteiger partial charge in [-0.05, 0) is 0 Å². The fourth-order valence-electron chi connectivity index (χ4n) is 0.447. The van der Waals surface area contributed by atoms with Crippen LogP contribution in [0, 0.1) is 7.05 Å². The average molecular weight is 141 g/mol. The zero-order valence-electron chi connectivity index (χ0n) is 5.04. The maximum Gasteiger partial charge on any atom is 0.389 e. The van der Waals surface area contributed by atoms with Crippen molar-refractivity contribution in [1.82, 2.24) is 0 Å². The van der Waals surface area contributed by atoms with Crippen LogP contribution in [-0.4, -0.2) is 12.7 Å². The summed E-state index contributed by atoms with van der Waals surface area (Å²) < 4.78 is 34.0. The number of hydrogen-bond acceptors (Lipinski definition) is 0. The first kappa shape index (κ1) is 8.75. The van der Waals surface area contributed by atoms with Crippen LogP contribution in [0.4, 0.5) is 13.2 Å². The first-order chi connectivity index (χ1) is 4.06. The average Bonchev–Trinajstić information content (AvgIpc) is 1.63. The summed E-state index contributed by atoms with van der Waals surface area (Å²) in [5.41, 5.74) is 0. The molecule has 0 aliphatic carbocycles. The molecule has 0 amide bonds. The standard InChI is InChI=1S/C5H10F3N/c1-9-4-2-3-5(6,7)8/h1-4,9H2. The van der Waals surface area contributed by atoms with Crippen molar-refractivity contribution in [3.63, 3.8) is 0 Å². The molecule has 2 N–H and O–H groups in total. The van der Waals surface area contributed by atoms with E-state index < -0.39 is 12.6 Å². The molecule has 0 radical (unpaired) electrons. The normalized spacial score (nSPS) is 12.0. The summed E-state index contributed by atoms with van der Waals surface area (Å²) in [6, 6.07) is 0. The lowest BCUT2D eigenvalue weighted by Gasteiger charge is -2.04. The van der Waals surface area contributed by atoms with Crippen LogP contribution in [-0.2, 0) is 0 Å². The van der Waals surface area contributed by atoms with Crippen molar-refractivity contribution in [1.29, 1.82) is 0 Å². The number of halogens is 3. The smallest absolute Gasteiger partial charge is 0.389 e. The molecule has 9 heavy (non-hydrogen) atoms. The number of quaternary nitrogens is 1. The number of alkyl halides is 3. The molecule has 0 bridgehead atoms. The van der Waals surface area contributed by atoms with E-state index in [0.717, 1.165) is 0 Å². The Labute approximate surface area is 52.2 Å². The van der Waals surface area contributed by atoms with Crippen LogP contribution < -0.4 is 5.32 Å². The molecule has 0 saturated heterocycles. The Hall–Kier alpha value is -0.250. The van der Waals surface area contributed by atoms with E-state index >= 15 is 0 Å². The highest BCUT2D eigenvalue weighted by Crippen LogP contribution is 2.20. The van der Waals surface area contributed by atoms with E-state index in [0.29, 0.717) is 6.54 Å². The molecule has 0 spiro atoms. The Morgan fingerprint density at radius 2 is 1.89 bits per heavy atom. The van der Waals surface area contributed by atoms with Gasteiger partial charge in [0.25, 0.3) is 0 Å². The van der Waals surface area contributed by atoms with Gasteiger partial charge in [0, 0.05) is 12.8 Å². The highest BCUT2D eigenvalue weighted by Gasteiger charge is 2.25. The van der Waals surface area contributed by atoms with Gasteiger partial charge in [0.15, 0.2) is 0 Å². The van der Waals surface area contributed by atoms with Crippen molar-refractivity contribution in [3.05, 3.63) is 7.05 Å². The van der Waals surface area contributed by atoms with Crippen molar-refractivity contribution < 1.29 is 18.5 Å². The van der Waals surface area contributed by atoms with Crippen molar-refractivity contribution in [2.75, 3.05) is 6.54 Å². The molecule has 0 atom stereocenters. The second kappa shape index (κ2) is 3.71. The quantitative estimate of drug-likeness (QED) is 0.439. The van der Waals surface area contributed by atoms with E-state index in [1.165, 1.54) is 5.32 Å². The minimum absolute atomic E-state index is 0.160. The van der Waals surface area contributed by atoms with Gasteiger partial charge in [0.2, 0.25) is 0 Å². The molecule has 0 fully saturated rings. The molecule has 0 saturated carbocycles. The first-order valence-corrected chi connectivity index (χ1v) is 2.74. The van der Waals surface area contributed by atoms with Crippen molar-refractivity contribution in [2.24, 2.45) is 0 Å². The van der Waals surface area contributed by atoms with Crippen molar-refractivity contribution in [2.45, 2.75) is 19.0 Å². The van der Waals surface area contributed by atoms with E-state index in [4.69, 9.17) is 0 Å². The molecule has 0 aliphatic rings. The van der Waals surface area contributed by atoms with Gasteiger partial charge in [-0.1, -0.05) is 0 Å². The van der Waals surface area contributed by atoms with E-state index in [9.17, 15) is 13.2 Å². The number of hydrogen-bond donors (Lipinski definition) is 1. The minimum atomic E-state index is -4.00. The zero-order chi connectivity index (χ0) is 7.33. The summed E-state index contributed by atoms with van der Waals surface area (Å²) in [6.45, 7) is 0.444. The summed E-state index contributed by atoms with van der Waals surface area (Å²) in [4.78, 5) is 0. The van der Waals surface area contributed by atoms with Crippen LogP contribution in [0.15, 0.2) is 0 Å². The summed E-state index contributed by atoms with van der Waals surface area (Å²) >= 11 is 0. The number of nitrogens with two attached hydrogens (primary N) is 1. The molecular weight excluding hydrogens is 131 g/mol. The molecule has 0 rings (SSSR count). The largest absolute Gasteiger partial charge is 0.479 e. The van der Waals surface area contributed by atoms with Gasteiger partial charge >= 0.3 is 6.18 Å². The Balaban J connectivity index is 3.07. The zero-order valence-corrected chi connectivity index (χ0v) is 5.04. The third-order valence-electron chi connectivity index (χ3n) is 0.868. The topological polar surface area (TPSA) is 16.6 Å². The molecule has 0 heterocycles. The maximum atomic E-state index is 11.3. The van der Waals surface area contributed by atoms with E-state index in [-0.39, 0.29) is 6.42 Å². The fraction of sp³-hybridized carbons (Fsp3) is 0.800. The Bertz CT molecular complexity index is 69.1. The van der Waals surface area contributed by atoms with Gasteiger partial charge in [0.05, 0.1) is 6.54 Å². The summed E-state index contributed by atoms with van der Waals surface area (Å²) in [6.07, 6.45) is -4.53. The molecule has 0 aromatic carbocycles. The highest BCUT2D eigenvalue weighted by atomic mass is 19.4. The highest BCUT2D eigenvalue weighted by molar-refractivity contribution is 4.47. The lowest BCUT2D eigenvalue weighted by Crippen LogP contribution is -2.76. The third-order valence-corrected chi connectivity index (χ3v) is 0.868. The monoisotopic (exact) mass is 141 g/mol.